The zero-order chi connectivity index (χ0) is 9.42. The lowest BCUT2D eigenvalue weighted by Crippen LogP contribution is -1.80. The number of rotatable bonds is 1. The van der Waals surface area contributed by atoms with Crippen molar-refractivity contribution in [2.45, 2.75) is 6.92 Å². The zero-order valence-electron chi connectivity index (χ0n) is 6.97. The van der Waals surface area contributed by atoms with E-state index in [2.05, 4.69) is 26.1 Å². The molecule has 0 fully saturated rings. The Bertz CT molecular complexity index is 476. The molecule has 0 saturated carbocycles. The van der Waals surface area contributed by atoms with Gasteiger partial charge in [0.15, 0.2) is 6.29 Å². The van der Waals surface area contributed by atoms with E-state index in [1.165, 1.54) is 0 Å². The Kier molecular flexibility index (Phi) is 1.92. The fourth-order valence-corrected chi connectivity index (χ4v) is 1.62. The summed E-state index contributed by atoms with van der Waals surface area (Å²) < 4.78 is 1.00. The van der Waals surface area contributed by atoms with Gasteiger partial charge >= 0.3 is 0 Å². The van der Waals surface area contributed by atoms with Crippen molar-refractivity contribution in [3.8, 4) is 0 Å². The van der Waals surface area contributed by atoms with Crippen molar-refractivity contribution in [1.82, 2.24) is 10.2 Å². The molecule has 66 valence electrons. The topological polar surface area (TPSA) is 45.8 Å². The summed E-state index contributed by atoms with van der Waals surface area (Å²) in [7, 11) is 0. The molecule has 0 amide bonds. The van der Waals surface area contributed by atoms with Crippen LogP contribution in [0.3, 0.4) is 0 Å². The summed E-state index contributed by atoms with van der Waals surface area (Å²) in [6.07, 6.45) is 0.780. The van der Waals surface area contributed by atoms with Crippen molar-refractivity contribution in [3.05, 3.63) is 27.9 Å². The molecule has 1 N–H and O–H groups in total. The first kappa shape index (κ1) is 8.44. The van der Waals surface area contributed by atoms with Gasteiger partial charge in [0.1, 0.15) is 5.69 Å². The summed E-state index contributed by atoms with van der Waals surface area (Å²) in [5.74, 6) is 0. The number of fused-ring (bicyclic) bond motifs is 1. The molecule has 0 aliphatic carbocycles. The summed E-state index contributed by atoms with van der Waals surface area (Å²) in [5.41, 5.74) is 2.42. The minimum Gasteiger partial charge on any atom is -0.296 e. The van der Waals surface area contributed by atoms with Gasteiger partial charge in [-0.05, 0) is 24.6 Å². The molecule has 13 heavy (non-hydrogen) atoms. The van der Waals surface area contributed by atoms with Crippen LogP contribution in [0, 0.1) is 6.92 Å². The Morgan fingerprint density at radius 2 is 2.31 bits per heavy atom. The van der Waals surface area contributed by atoms with Crippen molar-refractivity contribution in [1.29, 1.82) is 0 Å². The quantitative estimate of drug-likeness (QED) is 0.777. The van der Waals surface area contributed by atoms with Crippen LogP contribution in [-0.4, -0.2) is 16.5 Å². The van der Waals surface area contributed by atoms with E-state index < -0.39 is 0 Å². The van der Waals surface area contributed by atoms with E-state index >= 15 is 0 Å². The smallest absolute Gasteiger partial charge is 0.168 e. The molecule has 1 heterocycles. The third kappa shape index (κ3) is 1.18. The van der Waals surface area contributed by atoms with Gasteiger partial charge in [0.25, 0.3) is 0 Å². The van der Waals surface area contributed by atoms with Crippen LogP contribution >= 0.6 is 15.9 Å². The number of aromatic amines is 1. The molecule has 2 aromatic rings. The van der Waals surface area contributed by atoms with Crippen LogP contribution in [0.15, 0.2) is 16.6 Å². The second-order valence-electron chi connectivity index (χ2n) is 2.82. The van der Waals surface area contributed by atoms with Crippen molar-refractivity contribution in [2.24, 2.45) is 0 Å². The van der Waals surface area contributed by atoms with Crippen molar-refractivity contribution >= 4 is 33.1 Å². The van der Waals surface area contributed by atoms with E-state index in [0.29, 0.717) is 5.69 Å². The van der Waals surface area contributed by atoms with Gasteiger partial charge in [-0.2, -0.15) is 5.10 Å². The predicted octanol–water partition coefficient (Wildman–Crippen LogP) is 2.45. The lowest BCUT2D eigenvalue weighted by Gasteiger charge is -1.96. The summed E-state index contributed by atoms with van der Waals surface area (Å²) in [4.78, 5) is 10.6. The highest BCUT2D eigenvalue weighted by Gasteiger charge is 2.07. The molecule has 4 heteroatoms. The highest BCUT2D eigenvalue weighted by Crippen LogP contribution is 2.25. The van der Waals surface area contributed by atoms with Crippen molar-refractivity contribution < 1.29 is 4.79 Å². The molecule has 0 unspecified atom stereocenters. The zero-order valence-corrected chi connectivity index (χ0v) is 8.55. The predicted molar refractivity (Wildman–Crippen MR) is 53.9 cm³/mol. The molecule has 1 aromatic heterocycles. The van der Waals surface area contributed by atoms with Gasteiger partial charge in [0.2, 0.25) is 0 Å². The Hall–Kier alpha value is -1.16. The van der Waals surface area contributed by atoms with E-state index in [1.54, 1.807) is 0 Å². The molecule has 0 aliphatic rings. The number of carbonyl (C=O) groups is 1. The number of aldehydes is 1. The number of carbonyl (C=O) groups excluding carboxylic acids is 1. The monoisotopic (exact) mass is 238 g/mol. The molecule has 2 rings (SSSR count). The standard InChI is InChI=1S/C9H7BrN2O/c1-5-7(10)3-2-6-8(4-13)11-12-9(5)6/h2-4H,1H3,(H,11,12). The van der Waals surface area contributed by atoms with Crippen LogP contribution < -0.4 is 0 Å². The molecule has 0 aliphatic heterocycles. The molecule has 0 saturated heterocycles. The van der Waals surface area contributed by atoms with Crippen LogP contribution in [0.5, 0.6) is 0 Å². The van der Waals surface area contributed by atoms with Crippen LogP contribution in [0.2, 0.25) is 0 Å². The van der Waals surface area contributed by atoms with E-state index in [0.717, 1.165) is 27.2 Å². The Morgan fingerprint density at radius 1 is 1.54 bits per heavy atom. The number of aromatic nitrogens is 2. The lowest BCUT2D eigenvalue weighted by molar-refractivity contribution is 0.112. The van der Waals surface area contributed by atoms with E-state index in [4.69, 9.17) is 0 Å². The van der Waals surface area contributed by atoms with E-state index in [9.17, 15) is 4.79 Å². The van der Waals surface area contributed by atoms with Crippen LogP contribution in [0.25, 0.3) is 10.9 Å². The van der Waals surface area contributed by atoms with Gasteiger partial charge in [-0.1, -0.05) is 15.9 Å². The Balaban J connectivity index is 2.88. The number of benzene rings is 1. The summed E-state index contributed by atoms with van der Waals surface area (Å²) in [6.45, 7) is 1.96. The maximum absolute atomic E-state index is 10.6. The molecular formula is C9H7BrN2O. The molecule has 0 atom stereocenters. The van der Waals surface area contributed by atoms with Gasteiger partial charge in [-0.3, -0.25) is 9.89 Å². The van der Waals surface area contributed by atoms with Crippen molar-refractivity contribution in [2.75, 3.05) is 0 Å². The molecule has 0 spiro atoms. The number of hydrogen-bond acceptors (Lipinski definition) is 2. The van der Waals surface area contributed by atoms with Crippen LogP contribution in [0.1, 0.15) is 16.1 Å². The first-order chi connectivity index (χ1) is 6.24. The van der Waals surface area contributed by atoms with E-state index in [-0.39, 0.29) is 0 Å². The maximum Gasteiger partial charge on any atom is 0.168 e. The first-order valence-corrected chi connectivity index (χ1v) is 4.61. The second kappa shape index (κ2) is 2.96. The minimum absolute atomic E-state index is 0.533. The number of H-pyrrole nitrogens is 1. The fourth-order valence-electron chi connectivity index (χ4n) is 1.30. The largest absolute Gasteiger partial charge is 0.296 e. The maximum atomic E-state index is 10.6. The SMILES string of the molecule is Cc1c(Br)ccc2c(C=O)[nH]nc12. The third-order valence-electron chi connectivity index (χ3n) is 2.06. The second-order valence-corrected chi connectivity index (χ2v) is 3.68. The van der Waals surface area contributed by atoms with Gasteiger partial charge in [-0.25, -0.2) is 0 Å². The van der Waals surface area contributed by atoms with Crippen LogP contribution in [-0.2, 0) is 0 Å². The number of aryl methyl sites for hydroxylation is 1. The van der Waals surface area contributed by atoms with Gasteiger partial charge in [-0.15, -0.1) is 0 Å². The van der Waals surface area contributed by atoms with Gasteiger partial charge in [0.05, 0.1) is 5.52 Å². The molecule has 0 radical (unpaired) electrons. The normalized spacial score (nSPS) is 10.6. The minimum atomic E-state index is 0.533. The molecule has 1 aromatic carbocycles. The highest BCUT2D eigenvalue weighted by molar-refractivity contribution is 9.10. The number of halogens is 1. The fraction of sp³-hybridized carbons (Fsp3) is 0.111. The summed E-state index contributed by atoms with van der Waals surface area (Å²) >= 11 is 3.41. The number of hydrogen-bond donors (Lipinski definition) is 1. The van der Waals surface area contributed by atoms with E-state index in [1.807, 2.05) is 19.1 Å². The average Bonchev–Trinajstić information content (AvgIpc) is 2.55. The Morgan fingerprint density at radius 3 is 3.00 bits per heavy atom. The lowest BCUT2D eigenvalue weighted by atomic mass is 10.1. The number of nitrogens with one attached hydrogen (secondary N) is 1. The molecule has 3 nitrogen and oxygen atoms in total. The van der Waals surface area contributed by atoms with Crippen molar-refractivity contribution in [3.63, 3.8) is 0 Å². The summed E-state index contributed by atoms with van der Waals surface area (Å²) in [5, 5.41) is 7.63. The highest BCUT2D eigenvalue weighted by atomic mass is 79.9. The third-order valence-corrected chi connectivity index (χ3v) is 2.92. The summed E-state index contributed by atoms with van der Waals surface area (Å²) in [6, 6.07) is 3.79. The van der Waals surface area contributed by atoms with Gasteiger partial charge < -0.3 is 0 Å². The molecule has 0 bridgehead atoms. The van der Waals surface area contributed by atoms with Gasteiger partial charge in [0, 0.05) is 9.86 Å². The Labute approximate surface area is 83.3 Å². The van der Waals surface area contributed by atoms with Crippen LogP contribution in [0.4, 0.5) is 0 Å². The average molecular weight is 239 g/mol. The first-order valence-electron chi connectivity index (χ1n) is 3.82. The molecular weight excluding hydrogens is 232 g/mol. The number of nitrogens with zero attached hydrogens (tertiary/aromatic N) is 1.